The number of ether oxygens (including phenoxy) is 1. The van der Waals surface area contributed by atoms with Crippen molar-refractivity contribution in [3.63, 3.8) is 0 Å². The molecule has 0 N–H and O–H groups in total. The third-order valence-corrected chi connectivity index (χ3v) is 6.94. The van der Waals surface area contributed by atoms with Crippen LogP contribution < -0.4 is 5.01 Å². The molecular weight excluding hydrogens is 430 g/mol. The maximum atomic E-state index is 12.8. The van der Waals surface area contributed by atoms with Crippen molar-refractivity contribution < 1.29 is 9.53 Å². The average Bonchev–Trinajstić information content (AvgIpc) is 3.35. The molecule has 1 unspecified atom stereocenters. The third-order valence-electron chi connectivity index (χ3n) is 6.20. The Hall–Kier alpha value is -3.09. The fourth-order valence-electron chi connectivity index (χ4n) is 4.35. The molecule has 5 rings (SSSR count). The molecular formula is C27H27N3O2S. The van der Waals surface area contributed by atoms with Crippen molar-refractivity contribution in [2.24, 2.45) is 5.10 Å². The molecule has 2 heterocycles. The number of hydrogen-bond donors (Lipinski definition) is 0. The standard InChI is InChI=1S/C27H27N3O2S/c1-33-24-13-9-20(10-14-24)25-19-26(21-5-3-2-4-6-21)30(28-25)23-11-7-22(8-12-23)27(31)29-15-17-32-18-16-29/h2-14,26H,15-19H2,1H3. The fraction of sp³-hybridized carbons (Fsp3) is 0.259. The first-order chi connectivity index (χ1) is 16.2. The Balaban J connectivity index is 1.43. The molecule has 168 valence electrons. The highest BCUT2D eigenvalue weighted by molar-refractivity contribution is 7.98. The molecule has 0 bridgehead atoms. The van der Waals surface area contributed by atoms with E-state index in [1.165, 1.54) is 10.5 Å². The van der Waals surface area contributed by atoms with Gasteiger partial charge in [0.1, 0.15) is 0 Å². The second kappa shape index (κ2) is 9.81. The van der Waals surface area contributed by atoms with Gasteiger partial charge in [0, 0.05) is 30.0 Å². The van der Waals surface area contributed by atoms with Crippen LogP contribution in [0.5, 0.6) is 0 Å². The summed E-state index contributed by atoms with van der Waals surface area (Å²) >= 11 is 1.74. The minimum absolute atomic E-state index is 0.0592. The smallest absolute Gasteiger partial charge is 0.254 e. The highest BCUT2D eigenvalue weighted by Gasteiger charge is 2.30. The second-order valence-corrected chi connectivity index (χ2v) is 9.08. The van der Waals surface area contributed by atoms with Crippen LogP contribution in [0.3, 0.4) is 0 Å². The topological polar surface area (TPSA) is 45.1 Å². The number of anilines is 1. The summed E-state index contributed by atoms with van der Waals surface area (Å²) in [5.74, 6) is 0.0592. The summed E-state index contributed by atoms with van der Waals surface area (Å²) in [4.78, 5) is 15.9. The molecule has 0 spiro atoms. The summed E-state index contributed by atoms with van der Waals surface area (Å²) in [5.41, 5.74) is 5.14. The molecule has 1 amide bonds. The van der Waals surface area contributed by atoms with Gasteiger partial charge in [0.05, 0.1) is 30.7 Å². The maximum absolute atomic E-state index is 12.8. The molecule has 6 heteroatoms. The number of carbonyl (C=O) groups is 1. The van der Waals surface area contributed by atoms with Crippen LogP contribution in [0.2, 0.25) is 0 Å². The van der Waals surface area contributed by atoms with Crippen molar-refractivity contribution in [3.05, 3.63) is 95.6 Å². The molecule has 1 saturated heterocycles. The summed E-state index contributed by atoms with van der Waals surface area (Å²) < 4.78 is 5.37. The van der Waals surface area contributed by atoms with Gasteiger partial charge < -0.3 is 9.64 Å². The number of rotatable bonds is 5. The van der Waals surface area contributed by atoms with Crippen molar-refractivity contribution in [2.45, 2.75) is 17.4 Å². The predicted octanol–water partition coefficient (Wildman–Crippen LogP) is 5.24. The van der Waals surface area contributed by atoms with Crippen molar-refractivity contribution in [1.29, 1.82) is 0 Å². The zero-order chi connectivity index (χ0) is 22.6. The largest absolute Gasteiger partial charge is 0.378 e. The van der Waals surface area contributed by atoms with Crippen molar-refractivity contribution in [2.75, 3.05) is 37.6 Å². The highest BCUT2D eigenvalue weighted by atomic mass is 32.2. The summed E-state index contributed by atoms with van der Waals surface area (Å²) in [6, 6.07) is 27.0. The lowest BCUT2D eigenvalue weighted by Gasteiger charge is -2.27. The molecule has 0 radical (unpaired) electrons. The Bertz CT molecular complexity index is 1120. The maximum Gasteiger partial charge on any atom is 0.254 e. The quantitative estimate of drug-likeness (QED) is 0.492. The molecule has 2 aliphatic rings. The Morgan fingerprint density at radius 2 is 1.64 bits per heavy atom. The van der Waals surface area contributed by atoms with E-state index in [0.29, 0.717) is 31.9 Å². The van der Waals surface area contributed by atoms with Crippen molar-refractivity contribution >= 4 is 29.1 Å². The first-order valence-electron chi connectivity index (χ1n) is 11.3. The second-order valence-electron chi connectivity index (χ2n) is 8.20. The number of carbonyl (C=O) groups excluding carboxylic acids is 1. The number of hydrogen-bond acceptors (Lipinski definition) is 5. The molecule has 3 aromatic carbocycles. The van der Waals surface area contributed by atoms with E-state index in [9.17, 15) is 4.79 Å². The Labute approximate surface area is 199 Å². The molecule has 0 aromatic heterocycles. The number of amides is 1. The van der Waals surface area contributed by atoms with Gasteiger partial charge in [-0.1, -0.05) is 42.5 Å². The lowest BCUT2D eigenvalue weighted by atomic mass is 9.98. The SMILES string of the molecule is CSc1ccc(C2=NN(c3ccc(C(=O)N4CCOCC4)cc3)C(c3ccccc3)C2)cc1. The summed E-state index contributed by atoms with van der Waals surface area (Å²) in [7, 11) is 0. The van der Waals surface area contributed by atoms with E-state index < -0.39 is 0 Å². The van der Waals surface area contributed by atoms with Gasteiger partial charge in [-0.3, -0.25) is 9.80 Å². The van der Waals surface area contributed by atoms with E-state index >= 15 is 0 Å². The highest BCUT2D eigenvalue weighted by Crippen LogP contribution is 2.37. The molecule has 3 aromatic rings. The van der Waals surface area contributed by atoms with E-state index in [4.69, 9.17) is 9.84 Å². The average molecular weight is 458 g/mol. The van der Waals surface area contributed by atoms with Gasteiger partial charge in [0.25, 0.3) is 5.91 Å². The van der Waals surface area contributed by atoms with Gasteiger partial charge in [-0.05, 0) is 53.8 Å². The van der Waals surface area contributed by atoms with E-state index in [-0.39, 0.29) is 11.9 Å². The van der Waals surface area contributed by atoms with Crippen LogP contribution in [0.1, 0.15) is 33.9 Å². The Morgan fingerprint density at radius 1 is 0.939 bits per heavy atom. The normalized spacial score (nSPS) is 18.3. The lowest BCUT2D eigenvalue weighted by Crippen LogP contribution is -2.40. The van der Waals surface area contributed by atoms with Gasteiger partial charge in [-0.25, -0.2) is 0 Å². The van der Waals surface area contributed by atoms with Gasteiger partial charge >= 0.3 is 0 Å². The monoisotopic (exact) mass is 457 g/mol. The van der Waals surface area contributed by atoms with Gasteiger partial charge in [0.2, 0.25) is 0 Å². The first kappa shape index (κ1) is 21.7. The van der Waals surface area contributed by atoms with Crippen molar-refractivity contribution in [3.8, 4) is 0 Å². The number of benzene rings is 3. The van der Waals surface area contributed by atoms with Gasteiger partial charge in [0.15, 0.2) is 0 Å². The predicted molar refractivity (Wildman–Crippen MR) is 134 cm³/mol. The minimum atomic E-state index is 0.0592. The number of hydrazone groups is 1. The molecule has 33 heavy (non-hydrogen) atoms. The van der Waals surface area contributed by atoms with E-state index in [1.807, 2.05) is 35.2 Å². The number of thioether (sulfide) groups is 1. The van der Waals surface area contributed by atoms with E-state index in [2.05, 4.69) is 59.8 Å². The van der Waals surface area contributed by atoms with Gasteiger partial charge in [-0.2, -0.15) is 5.10 Å². The summed E-state index contributed by atoms with van der Waals surface area (Å²) in [6.07, 6.45) is 2.92. The zero-order valence-electron chi connectivity index (χ0n) is 18.7. The third kappa shape index (κ3) is 4.68. The van der Waals surface area contributed by atoms with E-state index in [0.717, 1.165) is 23.4 Å². The molecule has 5 nitrogen and oxygen atoms in total. The number of nitrogens with zero attached hydrogens (tertiary/aromatic N) is 3. The molecule has 1 fully saturated rings. The zero-order valence-corrected chi connectivity index (χ0v) is 19.5. The van der Waals surface area contributed by atoms with Crippen LogP contribution >= 0.6 is 11.8 Å². The van der Waals surface area contributed by atoms with Crippen LogP contribution in [-0.2, 0) is 4.74 Å². The number of morpholine rings is 1. The Morgan fingerprint density at radius 3 is 2.30 bits per heavy atom. The molecule has 0 aliphatic carbocycles. The molecule has 2 aliphatic heterocycles. The Kier molecular flexibility index (Phi) is 6.46. The van der Waals surface area contributed by atoms with Crippen molar-refractivity contribution in [1.82, 2.24) is 4.90 Å². The first-order valence-corrected chi connectivity index (χ1v) is 12.5. The van der Waals surface area contributed by atoms with E-state index in [1.54, 1.807) is 11.8 Å². The van der Waals surface area contributed by atoms with Crippen LogP contribution in [0.15, 0.2) is 88.9 Å². The summed E-state index contributed by atoms with van der Waals surface area (Å²) in [5, 5.41) is 7.13. The van der Waals surface area contributed by atoms with Crippen LogP contribution in [-0.4, -0.2) is 49.1 Å². The van der Waals surface area contributed by atoms with Crippen LogP contribution in [0.25, 0.3) is 0 Å². The summed E-state index contributed by atoms with van der Waals surface area (Å²) in [6.45, 7) is 2.50. The van der Waals surface area contributed by atoms with Crippen LogP contribution in [0, 0.1) is 0 Å². The molecule has 1 atom stereocenters. The van der Waals surface area contributed by atoms with Gasteiger partial charge in [-0.15, -0.1) is 11.8 Å². The molecule has 0 saturated carbocycles. The van der Waals surface area contributed by atoms with Crippen LogP contribution in [0.4, 0.5) is 5.69 Å². The minimum Gasteiger partial charge on any atom is -0.378 e. The fourth-order valence-corrected chi connectivity index (χ4v) is 4.76. The lowest BCUT2D eigenvalue weighted by molar-refractivity contribution is 0.0303.